The van der Waals surface area contributed by atoms with Crippen molar-refractivity contribution in [2.24, 2.45) is 0 Å². The Hall–Kier alpha value is -1.92. The minimum absolute atomic E-state index is 0.168. The first kappa shape index (κ1) is 16.5. The van der Waals surface area contributed by atoms with Crippen LogP contribution in [0.25, 0.3) is 10.6 Å². The van der Waals surface area contributed by atoms with Crippen molar-refractivity contribution < 1.29 is 19.5 Å². The topological polar surface area (TPSA) is 66.7 Å². The van der Waals surface area contributed by atoms with E-state index in [1.54, 1.807) is 6.92 Å². The number of carbonyl (C=O) groups is 1. The van der Waals surface area contributed by atoms with E-state index in [9.17, 15) is 9.90 Å². The molecule has 0 aliphatic rings. The largest absolute Gasteiger partial charge is 0.544 e. The molecule has 2 rings (SSSR count). The van der Waals surface area contributed by atoms with E-state index in [0.717, 1.165) is 35.6 Å². The van der Waals surface area contributed by atoms with Crippen LogP contribution in [0.3, 0.4) is 0 Å². The van der Waals surface area contributed by atoms with Crippen molar-refractivity contribution in [1.29, 1.82) is 0 Å². The van der Waals surface area contributed by atoms with Crippen LogP contribution in [-0.4, -0.2) is 38.2 Å². The number of hydrogen-bond acceptors (Lipinski definition) is 5. The number of hydrogen-bond donors (Lipinski definition) is 1. The van der Waals surface area contributed by atoms with E-state index in [-0.39, 0.29) is 4.88 Å². The van der Waals surface area contributed by atoms with Gasteiger partial charge in [-0.2, -0.15) is 0 Å². The molecule has 0 aliphatic carbocycles. The quantitative estimate of drug-likeness (QED) is 0.750. The molecule has 0 bridgehead atoms. The lowest BCUT2D eigenvalue weighted by molar-refractivity contribution is -0.858. The predicted molar refractivity (Wildman–Crippen MR) is 84.4 cm³/mol. The predicted octanol–water partition coefficient (Wildman–Crippen LogP) is 0.395. The van der Waals surface area contributed by atoms with E-state index in [1.165, 1.54) is 4.90 Å². The van der Waals surface area contributed by atoms with Gasteiger partial charge in [-0.05, 0) is 19.1 Å². The summed E-state index contributed by atoms with van der Waals surface area (Å²) in [6.45, 7) is 3.34. The summed E-state index contributed by atoms with van der Waals surface area (Å²) in [5, 5.41) is 11.7. The Morgan fingerprint density at radius 2 is 2.09 bits per heavy atom. The molecular formula is C16H20N2O3S. The summed E-state index contributed by atoms with van der Waals surface area (Å²) in [6, 6.07) is 7.56. The van der Waals surface area contributed by atoms with Crippen LogP contribution >= 0.6 is 11.3 Å². The summed E-state index contributed by atoms with van der Waals surface area (Å²) in [5.41, 5.74) is 1.30. The van der Waals surface area contributed by atoms with E-state index in [1.807, 2.05) is 24.3 Å². The Bertz CT molecular complexity index is 653. The Morgan fingerprint density at radius 3 is 2.73 bits per heavy atom. The Balaban J connectivity index is 2.17. The number of nitrogens with zero attached hydrogens (tertiary/aromatic N) is 1. The van der Waals surface area contributed by atoms with Crippen molar-refractivity contribution in [3.05, 3.63) is 34.8 Å². The molecule has 0 amide bonds. The molecule has 0 radical (unpaired) electrons. The minimum Gasteiger partial charge on any atom is -0.544 e. The van der Waals surface area contributed by atoms with Gasteiger partial charge in [0.2, 0.25) is 0 Å². The van der Waals surface area contributed by atoms with E-state index in [4.69, 9.17) is 4.74 Å². The minimum atomic E-state index is -1.19. The zero-order valence-corrected chi connectivity index (χ0v) is 13.8. The maximum atomic E-state index is 11.1. The highest BCUT2D eigenvalue weighted by atomic mass is 32.1. The molecule has 2 aromatic rings. The standard InChI is InChI=1S/C16H20N2O3S/c1-11-14(16(19)20)22-15(17-11)12-7-4-5-8-13(12)21-10-6-9-18(2)3/h4-5,7-8H,6,9-10H2,1-3H3,(H,19,20). The molecule has 0 aliphatic heterocycles. The number of carboxylic acids is 1. The molecule has 0 atom stereocenters. The highest BCUT2D eigenvalue weighted by Crippen LogP contribution is 2.34. The molecule has 1 heterocycles. The highest BCUT2D eigenvalue weighted by molar-refractivity contribution is 7.17. The molecule has 0 fully saturated rings. The molecule has 0 saturated carbocycles. The molecule has 6 heteroatoms. The number of aryl methyl sites for hydroxylation is 1. The number of rotatable bonds is 7. The van der Waals surface area contributed by atoms with Crippen molar-refractivity contribution >= 4 is 17.3 Å². The fourth-order valence-corrected chi connectivity index (χ4v) is 3.01. The summed E-state index contributed by atoms with van der Waals surface area (Å²) in [6.07, 6.45) is 0.956. The summed E-state index contributed by atoms with van der Waals surface area (Å²) in [7, 11) is 4.21. The van der Waals surface area contributed by atoms with Gasteiger partial charge in [-0.1, -0.05) is 12.1 Å². The first-order chi connectivity index (χ1) is 10.5. The van der Waals surface area contributed by atoms with Gasteiger partial charge < -0.3 is 19.5 Å². The number of carbonyl (C=O) groups excluding carboxylic acids is 1. The van der Waals surface area contributed by atoms with Crippen LogP contribution < -0.4 is 14.7 Å². The van der Waals surface area contributed by atoms with Gasteiger partial charge in [0.15, 0.2) is 0 Å². The van der Waals surface area contributed by atoms with Crippen LogP contribution in [0.2, 0.25) is 0 Å². The smallest absolute Gasteiger partial charge is 0.129 e. The molecule has 5 nitrogen and oxygen atoms in total. The molecule has 0 unspecified atom stereocenters. The first-order valence-corrected chi connectivity index (χ1v) is 8.00. The zero-order valence-electron chi connectivity index (χ0n) is 13.0. The summed E-state index contributed by atoms with van der Waals surface area (Å²) in [4.78, 5) is 16.9. The number of benzene rings is 1. The maximum absolute atomic E-state index is 11.1. The fraction of sp³-hybridized carbons (Fsp3) is 0.375. The number of carboxylic acid groups (broad SMARTS) is 1. The first-order valence-electron chi connectivity index (χ1n) is 7.19. The SMILES string of the molecule is Cc1nc(-c2ccccc2OCCC[NH+](C)C)sc1C(=O)[O-]. The van der Waals surface area contributed by atoms with Crippen LogP contribution in [0, 0.1) is 6.92 Å². The normalized spacial score (nSPS) is 10.9. The number of thiazole rings is 1. The lowest BCUT2D eigenvalue weighted by Gasteiger charge is -2.11. The van der Waals surface area contributed by atoms with E-state index < -0.39 is 5.97 Å². The summed E-state index contributed by atoms with van der Waals surface area (Å²) < 4.78 is 5.84. The molecular weight excluding hydrogens is 300 g/mol. The number of quaternary nitrogens is 1. The van der Waals surface area contributed by atoms with Gasteiger partial charge in [0, 0.05) is 6.42 Å². The average Bonchev–Trinajstić information content (AvgIpc) is 2.86. The monoisotopic (exact) mass is 320 g/mol. The lowest BCUT2D eigenvalue weighted by atomic mass is 10.2. The fourth-order valence-electron chi connectivity index (χ4n) is 2.08. The van der Waals surface area contributed by atoms with Gasteiger partial charge in [-0.3, -0.25) is 0 Å². The second-order valence-corrected chi connectivity index (χ2v) is 6.38. The molecule has 118 valence electrons. The Labute approximate surface area is 134 Å². The molecule has 0 saturated heterocycles. The van der Waals surface area contributed by atoms with Gasteiger partial charge in [0.25, 0.3) is 0 Å². The second-order valence-electron chi connectivity index (χ2n) is 5.38. The van der Waals surface area contributed by atoms with Crippen LogP contribution in [0.5, 0.6) is 5.75 Å². The lowest BCUT2D eigenvalue weighted by Crippen LogP contribution is -3.05. The van der Waals surface area contributed by atoms with Crippen LogP contribution in [-0.2, 0) is 0 Å². The highest BCUT2D eigenvalue weighted by Gasteiger charge is 2.14. The van der Waals surface area contributed by atoms with E-state index in [0.29, 0.717) is 17.3 Å². The Kier molecular flexibility index (Phi) is 5.51. The number of ether oxygens (including phenoxy) is 1. The molecule has 22 heavy (non-hydrogen) atoms. The molecule has 1 aromatic carbocycles. The summed E-state index contributed by atoms with van der Waals surface area (Å²) in [5.74, 6) is -0.455. The molecule has 1 N–H and O–H groups in total. The number of aromatic nitrogens is 1. The van der Waals surface area contributed by atoms with Gasteiger partial charge in [0.05, 0.1) is 49.4 Å². The van der Waals surface area contributed by atoms with Crippen LogP contribution in [0.1, 0.15) is 21.8 Å². The number of para-hydroxylation sites is 1. The van der Waals surface area contributed by atoms with Gasteiger partial charge in [-0.25, -0.2) is 4.98 Å². The van der Waals surface area contributed by atoms with Gasteiger partial charge in [-0.15, -0.1) is 11.3 Å². The van der Waals surface area contributed by atoms with Crippen molar-refractivity contribution in [2.75, 3.05) is 27.2 Å². The Morgan fingerprint density at radius 1 is 1.36 bits per heavy atom. The average molecular weight is 320 g/mol. The zero-order chi connectivity index (χ0) is 16.1. The van der Waals surface area contributed by atoms with Crippen molar-refractivity contribution in [2.45, 2.75) is 13.3 Å². The van der Waals surface area contributed by atoms with Crippen molar-refractivity contribution in [1.82, 2.24) is 4.98 Å². The third-order valence-corrected chi connectivity index (χ3v) is 4.35. The van der Waals surface area contributed by atoms with Crippen LogP contribution in [0.4, 0.5) is 0 Å². The molecule has 1 aromatic heterocycles. The van der Waals surface area contributed by atoms with Gasteiger partial charge in [0.1, 0.15) is 10.8 Å². The summed E-state index contributed by atoms with van der Waals surface area (Å²) >= 11 is 1.12. The third-order valence-electron chi connectivity index (χ3n) is 3.18. The number of nitrogens with one attached hydrogen (secondary N) is 1. The number of aromatic carboxylic acids is 1. The van der Waals surface area contributed by atoms with E-state index >= 15 is 0 Å². The van der Waals surface area contributed by atoms with Crippen molar-refractivity contribution in [3.8, 4) is 16.3 Å². The second kappa shape index (κ2) is 7.38. The van der Waals surface area contributed by atoms with Crippen molar-refractivity contribution in [3.63, 3.8) is 0 Å². The van der Waals surface area contributed by atoms with E-state index in [2.05, 4.69) is 19.1 Å². The third kappa shape index (κ3) is 4.05. The van der Waals surface area contributed by atoms with Gasteiger partial charge >= 0.3 is 0 Å². The maximum Gasteiger partial charge on any atom is 0.129 e. The molecule has 0 spiro atoms. The van der Waals surface area contributed by atoms with Crippen LogP contribution in [0.15, 0.2) is 24.3 Å².